The average molecular weight is 402 g/mol. The maximum absolute atomic E-state index is 12.7. The monoisotopic (exact) mass is 401 g/mol. The topological polar surface area (TPSA) is 63.7 Å². The normalized spacial score (nSPS) is 14.6. The third-order valence-electron chi connectivity index (χ3n) is 4.01. The lowest BCUT2D eigenvalue weighted by Crippen LogP contribution is -2.49. The highest BCUT2D eigenvalue weighted by atomic mass is 79.9. The van der Waals surface area contributed by atoms with Crippen molar-refractivity contribution < 1.29 is 19.1 Å². The first-order chi connectivity index (χ1) is 11.9. The van der Waals surface area contributed by atoms with Gasteiger partial charge in [-0.1, -0.05) is 41.9 Å². The molecule has 5 nitrogen and oxygen atoms in total. The van der Waals surface area contributed by atoms with E-state index in [4.69, 9.17) is 4.74 Å². The highest BCUT2D eigenvalue weighted by Gasteiger charge is 2.44. The number of amides is 2. The van der Waals surface area contributed by atoms with Crippen LogP contribution in [0.25, 0.3) is 0 Å². The lowest BCUT2D eigenvalue weighted by molar-refractivity contribution is -0.140. The van der Waals surface area contributed by atoms with Crippen molar-refractivity contribution in [2.75, 3.05) is 0 Å². The molecule has 0 saturated carbocycles. The minimum absolute atomic E-state index is 0.287. The minimum Gasteiger partial charge on any atom is -0.425 e. The van der Waals surface area contributed by atoms with Gasteiger partial charge in [-0.2, -0.15) is 0 Å². The fourth-order valence-electron chi connectivity index (χ4n) is 2.82. The van der Waals surface area contributed by atoms with E-state index >= 15 is 0 Å². The highest BCUT2D eigenvalue weighted by molar-refractivity contribution is 9.10. The quantitative estimate of drug-likeness (QED) is 0.445. The highest BCUT2D eigenvalue weighted by Crippen LogP contribution is 2.28. The third-order valence-corrected chi connectivity index (χ3v) is 4.54. The molecule has 1 atom stereocenters. The summed E-state index contributed by atoms with van der Waals surface area (Å²) >= 11 is 3.31. The van der Waals surface area contributed by atoms with Crippen molar-refractivity contribution in [1.29, 1.82) is 0 Å². The van der Waals surface area contributed by atoms with Gasteiger partial charge < -0.3 is 4.74 Å². The summed E-state index contributed by atoms with van der Waals surface area (Å²) in [6.07, 6.45) is 0. The molecule has 0 fully saturated rings. The Morgan fingerprint density at radius 2 is 1.48 bits per heavy atom. The van der Waals surface area contributed by atoms with Crippen molar-refractivity contribution in [3.05, 3.63) is 64.1 Å². The standard InChI is InChI=1S/C19H16BrNO4/c1-11(2)16(19(24)25-13-9-7-12(20)8-10-13)21-17(22)14-5-3-4-6-15(14)18(21)23/h3-11,16H,1-2H3. The number of rotatable bonds is 4. The molecule has 0 spiro atoms. The Morgan fingerprint density at radius 1 is 0.960 bits per heavy atom. The molecular weight excluding hydrogens is 386 g/mol. The van der Waals surface area contributed by atoms with Crippen molar-refractivity contribution in [2.45, 2.75) is 19.9 Å². The molecule has 128 valence electrons. The zero-order chi connectivity index (χ0) is 18.1. The Hall–Kier alpha value is -2.47. The average Bonchev–Trinajstić information content (AvgIpc) is 2.83. The summed E-state index contributed by atoms with van der Waals surface area (Å²) in [6, 6.07) is 12.3. The Labute approximate surface area is 153 Å². The van der Waals surface area contributed by atoms with Crippen LogP contribution in [0.3, 0.4) is 0 Å². The molecular formula is C19H16BrNO4. The van der Waals surface area contributed by atoms with Gasteiger partial charge in [0, 0.05) is 4.47 Å². The molecule has 0 radical (unpaired) electrons. The smallest absolute Gasteiger partial charge is 0.335 e. The SMILES string of the molecule is CC(C)C(C(=O)Oc1ccc(Br)cc1)N1C(=O)c2ccccc2C1=O. The largest absolute Gasteiger partial charge is 0.425 e. The predicted molar refractivity (Wildman–Crippen MR) is 95.3 cm³/mol. The lowest BCUT2D eigenvalue weighted by Gasteiger charge is -2.27. The van der Waals surface area contributed by atoms with Crippen LogP contribution in [0, 0.1) is 5.92 Å². The number of ether oxygens (including phenoxy) is 1. The number of imide groups is 1. The van der Waals surface area contributed by atoms with Crippen molar-refractivity contribution in [1.82, 2.24) is 4.90 Å². The summed E-state index contributed by atoms with van der Waals surface area (Å²) < 4.78 is 6.25. The molecule has 3 rings (SSSR count). The van der Waals surface area contributed by atoms with Crippen LogP contribution in [0.5, 0.6) is 5.75 Å². The Kier molecular flexibility index (Phi) is 4.72. The number of esters is 1. The maximum atomic E-state index is 12.7. The zero-order valence-electron chi connectivity index (χ0n) is 13.7. The first kappa shape index (κ1) is 17.4. The van der Waals surface area contributed by atoms with Crippen molar-refractivity contribution in [2.24, 2.45) is 5.92 Å². The Bertz CT molecular complexity index is 810. The summed E-state index contributed by atoms with van der Waals surface area (Å²) in [7, 11) is 0. The van der Waals surface area contributed by atoms with E-state index in [1.165, 1.54) is 0 Å². The molecule has 1 heterocycles. The number of carbonyl (C=O) groups excluding carboxylic acids is 3. The molecule has 2 aromatic carbocycles. The van der Waals surface area contributed by atoms with Gasteiger partial charge in [-0.05, 0) is 42.3 Å². The van der Waals surface area contributed by atoms with Crippen molar-refractivity contribution >= 4 is 33.7 Å². The fraction of sp³-hybridized carbons (Fsp3) is 0.211. The van der Waals surface area contributed by atoms with Gasteiger partial charge in [0.1, 0.15) is 11.8 Å². The van der Waals surface area contributed by atoms with Gasteiger partial charge in [-0.3, -0.25) is 14.5 Å². The van der Waals surface area contributed by atoms with E-state index in [1.54, 1.807) is 62.4 Å². The number of carbonyl (C=O) groups is 3. The fourth-order valence-corrected chi connectivity index (χ4v) is 3.08. The van der Waals surface area contributed by atoms with Crippen molar-refractivity contribution in [3.8, 4) is 5.75 Å². The number of fused-ring (bicyclic) bond motifs is 1. The van der Waals surface area contributed by atoms with E-state index in [0.717, 1.165) is 9.37 Å². The number of halogens is 1. The van der Waals surface area contributed by atoms with Gasteiger partial charge in [0.25, 0.3) is 11.8 Å². The van der Waals surface area contributed by atoms with Gasteiger partial charge in [0.15, 0.2) is 0 Å². The van der Waals surface area contributed by atoms with E-state index in [1.807, 2.05) is 0 Å². The summed E-state index contributed by atoms with van der Waals surface area (Å²) in [5, 5.41) is 0. The molecule has 25 heavy (non-hydrogen) atoms. The summed E-state index contributed by atoms with van der Waals surface area (Å²) in [5.41, 5.74) is 0.629. The van der Waals surface area contributed by atoms with Gasteiger partial charge in [-0.15, -0.1) is 0 Å². The first-order valence-electron chi connectivity index (χ1n) is 7.84. The van der Waals surface area contributed by atoms with Crippen LogP contribution in [0.2, 0.25) is 0 Å². The Morgan fingerprint density at radius 3 is 1.96 bits per heavy atom. The molecule has 0 N–H and O–H groups in total. The number of hydrogen-bond donors (Lipinski definition) is 0. The molecule has 6 heteroatoms. The van der Waals surface area contributed by atoms with Crippen LogP contribution in [0.1, 0.15) is 34.6 Å². The van der Waals surface area contributed by atoms with E-state index in [2.05, 4.69) is 15.9 Å². The minimum atomic E-state index is -0.990. The molecule has 1 aliphatic rings. The van der Waals surface area contributed by atoms with Crippen LogP contribution in [0.4, 0.5) is 0 Å². The summed E-state index contributed by atoms with van der Waals surface area (Å²) in [6.45, 7) is 3.55. The van der Waals surface area contributed by atoms with E-state index in [0.29, 0.717) is 16.9 Å². The van der Waals surface area contributed by atoms with Crippen LogP contribution >= 0.6 is 15.9 Å². The van der Waals surface area contributed by atoms with E-state index in [-0.39, 0.29) is 5.92 Å². The summed E-state index contributed by atoms with van der Waals surface area (Å²) in [5.74, 6) is -1.49. The lowest BCUT2D eigenvalue weighted by atomic mass is 10.0. The van der Waals surface area contributed by atoms with E-state index in [9.17, 15) is 14.4 Å². The van der Waals surface area contributed by atoms with Gasteiger partial charge in [-0.25, -0.2) is 4.79 Å². The van der Waals surface area contributed by atoms with Gasteiger partial charge >= 0.3 is 5.97 Å². The maximum Gasteiger partial charge on any atom is 0.335 e. The molecule has 0 saturated heterocycles. The van der Waals surface area contributed by atoms with Crippen LogP contribution in [0.15, 0.2) is 53.0 Å². The molecule has 0 bridgehead atoms. The third kappa shape index (κ3) is 3.22. The van der Waals surface area contributed by atoms with E-state index < -0.39 is 23.8 Å². The molecule has 0 aromatic heterocycles. The number of hydrogen-bond acceptors (Lipinski definition) is 4. The second-order valence-electron chi connectivity index (χ2n) is 6.09. The molecule has 1 aliphatic heterocycles. The predicted octanol–water partition coefficient (Wildman–Crippen LogP) is 3.68. The van der Waals surface area contributed by atoms with Crippen molar-refractivity contribution in [3.63, 3.8) is 0 Å². The van der Waals surface area contributed by atoms with Crippen LogP contribution < -0.4 is 4.74 Å². The molecule has 1 unspecified atom stereocenters. The number of nitrogens with zero attached hydrogens (tertiary/aromatic N) is 1. The number of benzene rings is 2. The second kappa shape index (κ2) is 6.80. The van der Waals surface area contributed by atoms with Gasteiger partial charge in [0.2, 0.25) is 0 Å². The van der Waals surface area contributed by atoms with Gasteiger partial charge in [0.05, 0.1) is 11.1 Å². The summed E-state index contributed by atoms with van der Waals surface area (Å²) in [4.78, 5) is 39.0. The Balaban J connectivity index is 1.89. The zero-order valence-corrected chi connectivity index (χ0v) is 15.3. The molecule has 2 aromatic rings. The van der Waals surface area contributed by atoms with Crippen LogP contribution in [-0.4, -0.2) is 28.7 Å². The van der Waals surface area contributed by atoms with Crippen LogP contribution in [-0.2, 0) is 4.79 Å². The molecule has 2 amide bonds. The second-order valence-corrected chi connectivity index (χ2v) is 7.01. The molecule has 0 aliphatic carbocycles. The first-order valence-corrected chi connectivity index (χ1v) is 8.63.